The molecule has 7 nitrogen and oxygen atoms in total. The maximum Gasteiger partial charge on any atom is 0.392 e. The van der Waals surface area contributed by atoms with E-state index in [0.29, 0.717) is 9.83 Å². The molecule has 2 aromatic carbocycles. The van der Waals surface area contributed by atoms with E-state index in [1.54, 1.807) is 23.1 Å². The number of aromatic carboxylic acids is 1. The molecule has 1 aliphatic heterocycles. The second-order valence-corrected chi connectivity index (χ2v) is 12.5. The van der Waals surface area contributed by atoms with E-state index in [1.165, 1.54) is 6.07 Å². The van der Waals surface area contributed by atoms with Gasteiger partial charge in [0.15, 0.2) is 10.9 Å². The van der Waals surface area contributed by atoms with E-state index in [2.05, 4.69) is 10.1 Å². The highest BCUT2D eigenvalue weighted by molar-refractivity contribution is 7.22. The molecule has 1 saturated carbocycles. The van der Waals surface area contributed by atoms with Gasteiger partial charge < -0.3 is 19.3 Å². The van der Waals surface area contributed by atoms with Gasteiger partial charge >= 0.3 is 12.1 Å². The Hall–Kier alpha value is -3.00. The summed E-state index contributed by atoms with van der Waals surface area (Å²) in [7, 11) is 0. The van der Waals surface area contributed by atoms with Gasteiger partial charge in [0.2, 0.25) is 0 Å². The Morgan fingerprint density at radius 2 is 1.91 bits per heavy atom. The molecule has 0 spiro atoms. The third kappa shape index (κ3) is 5.92. The number of fused-ring (bicyclic) bond motifs is 1. The normalized spacial score (nSPS) is 20.1. The number of halogens is 7. The molecule has 0 bridgehead atoms. The number of nitrogens with zero attached hydrogens (tertiary/aromatic N) is 3. The molecule has 2 aliphatic rings. The minimum absolute atomic E-state index is 0.0187. The van der Waals surface area contributed by atoms with Gasteiger partial charge in [-0.2, -0.15) is 13.2 Å². The number of rotatable bonds is 8. The summed E-state index contributed by atoms with van der Waals surface area (Å²) in [6.07, 6.45) is -4.46. The fraction of sp³-hybridized carbons (Fsp3) is 0.393. The zero-order valence-electron chi connectivity index (χ0n) is 22.1. The van der Waals surface area contributed by atoms with E-state index in [4.69, 9.17) is 32.5 Å². The SMILES string of the molecule is O=C(O)c1cc(F)c2nc(N3CCC(F)(COCc4c(-c5c(Cl)cccc5Cl)noc4C4CC4C(F)(F)F)CC3)sc2c1. The number of hydrogen-bond donors (Lipinski definition) is 1. The van der Waals surface area contributed by atoms with Crippen LogP contribution in [0.1, 0.15) is 46.9 Å². The van der Waals surface area contributed by atoms with Crippen LogP contribution >= 0.6 is 34.5 Å². The van der Waals surface area contributed by atoms with Crippen molar-refractivity contribution in [2.24, 2.45) is 5.92 Å². The molecule has 0 radical (unpaired) electrons. The van der Waals surface area contributed by atoms with Gasteiger partial charge in [-0.15, -0.1) is 0 Å². The van der Waals surface area contributed by atoms with Crippen molar-refractivity contribution in [3.05, 3.63) is 63.1 Å². The molecular weight excluding hydrogens is 640 g/mol. The largest absolute Gasteiger partial charge is 0.478 e. The molecular formula is C28H22Cl2F5N3O4S. The first kappa shape index (κ1) is 30.0. The van der Waals surface area contributed by atoms with Crippen LogP contribution in [0.25, 0.3) is 21.5 Å². The van der Waals surface area contributed by atoms with Crippen molar-refractivity contribution in [2.45, 2.75) is 43.6 Å². The molecule has 0 amide bonds. The maximum absolute atomic E-state index is 15.8. The smallest absolute Gasteiger partial charge is 0.392 e. The summed E-state index contributed by atoms with van der Waals surface area (Å²) in [5.74, 6) is -4.49. The molecule has 2 atom stereocenters. The third-order valence-corrected chi connectivity index (χ3v) is 9.48. The standard InChI is InChI=1S/C28H22Cl2F5N3O4S/c29-17-2-1-3-18(30)21(17)22-15(24(42-37-22)14-10-16(14)28(33,34)35)11-41-12-27(32)4-6-38(7-5-27)26-36-23-19(31)8-13(25(39)40)9-20(23)43-26/h1-3,8-9,14,16H,4-7,10-12H2,(H,39,40). The number of thiazole rings is 1. The Balaban J connectivity index is 1.15. The highest BCUT2D eigenvalue weighted by Crippen LogP contribution is 2.57. The molecule has 2 aromatic heterocycles. The maximum atomic E-state index is 15.8. The lowest BCUT2D eigenvalue weighted by molar-refractivity contribution is -0.149. The van der Waals surface area contributed by atoms with Gasteiger partial charge in [0.25, 0.3) is 0 Å². The van der Waals surface area contributed by atoms with Crippen LogP contribution in [0.15, 0.2) is 34.9 Å². The summed E-state index contributed by atoms with van der Waals surface area (Å²) < 4.78 is 81.8. The first-order chi connectivity index (χ1) is 20.3. The molecule has 2 fully saturated rings. The van der Waals surface area contributed by atoms with Crippen LogP contribution in [0.4, 0.5) is 27.1 Å². The summed E-state index contributed by atoms with van der Waals surface area (Å²) in [6, 6.07) is 7.00. The Labute approximate surface area is 255 Å². The van der Waals surface area contributed by atoms with Crippen LogP contribution in [0.2, 0.25) is 10.0 Å². The van der Waals surface area contributed by atoms with Gasteiger partial charge in [-0.1, -0.05) is 45.8 Å². The zero-order valence-corrected chi connectivity index (χ0v) is 24.4. The summed E-state index contributed by atoms with van der Waals surface area (Å²) >= 11 is 13.8. The first-order valence-corrected chi connectivity index (χ1v) is 14.8. The fourth-order valence-corrected chi connectivity index (χ4v) is 6.98. The number of alkyl halides is 4. The highest BCUT2D eigenvalue weighted by Gasteiger charge is 2.58. The van der Waals surface area contributed by atoms with E-state index >= 15 is 4.39 Å². The molecule has 15 heteroatoms. The summed E-state index contributed by atoms with van der Waals surface area (Å²) in [5, 5.41) is 14.1. The lowest BCUT2D eigenvalue weighted by Gasteiger charge is -2.36. The number of ether oxygens (including phenoxy) is 1. The van der Waals surface area contributed by atoms with Crippen molar-refractivity contribution in [1.82, 2.24) is 10.1 Å². The summed E-state index contributed by atoms with van der Waals surface area (Å²) in [6.45, 7) is -0.136. The number of carbonyl (C=O) groups is 1. The molecule has 1 saturated heterocycles. The van der Waals surface area contributed by atoms with Gasteiger partial charge in [-0.25, -0.2) is 18.6 Å². The molecule has 4 aromatic rings. The minimum Gasteiger partial charge on any atom is -0.478 e. The fourth-order valence-electron chi connectivity index (χ4n) is 5.33. The van der Waals surface area contributed by atoms with Crippen LogP contribution in [0.5, 0.6) is 0 Å². The number of anilines is 1. The van der Waals surface area contributed by atoms with Gasteiger partial charge in [-0.05, 0) is 30.7 Å². The molecule has 3 heterocycles. The number of aromatic nitrogens is 2. The van der Waals surface area contributed by atoms with Crippen molar-refractivity contribution in [3.63, 3.8) is 0 Å². The molecule has 43 heavy (non-hydrogen) atoms. The first-order valence-electron chi connectivity index (χ1n) is 13.2. The van der Waals surface area contributed by atoms with Gasteiger partial charge in [-0.3, -0.25) is 0 Å². The number of piperidine rings is 1. The highest BCUT2D eigenvalue weighted by atomic mass is 35.5. The quantitative estimate of drug-likeness (QED) is 0.190. The average Bonchev–Trinajstić information content (AvgIpc) is 3.47. The molecule has 228 valence electrons. The van der Waals surface area contributed by atoms with Crippen LogP contribution < -0.4 is 4.90 Å². The predicted octanol–water partition coefficient (Wildman–Crippen LogP) is 8.29. The topological polar surface area (TPSA) is 88.7 Å². The Morgan fingerprint density at radius 1 is 1.21 bits per heavy atom. The van der Waals surface area contributed by atoms with Gasteiger partial charge in [0, 0.05) is 43.0 Å². The van der Waals surface area contributed by atoms with E-state index in [0.717, 1.165) is 17.4 Å². The lowest BCUT2D eigenvalue weighted by Crippen LogP contribution is -2.44. The van der Waals surface area contributed by atoms with E-state index in [-0.39, 0.29) is 89.3 Å². The predicted molar refractivity (Wildman–Crippen MR) is 150 cm³/mol. The van der Waals surface area contributed by atoms with Crippen LogP contribution in [0.3, 0.4) is 0 Å². The monoisotopic (exact) mass is 661 g/mol. The van der Waals surface area contributed by atoms with Gasteiger partial charge in [0.1, 0.15) is 22.6 Å². The lowest BCUT2D eigenvalue weighted by atomic mass is 9.94. The van der Waals surface area contributed by atoms with E-state index < -0.39 is 35.5 Å². The molecule has 2 unspecified atom stereocenters. The van der Waals surface area contributed by atoms with Crippen molar-refractivity contribution in [3.8, 4) is 11.3 Å². The average molecular weight is 662 g/mol. The van der Waals surface area contributed by atoms with E-state index in [1.807, 2.05) is 0 Å². The molecule has 1 aliphatic carbocycles. The molecule has 1 N–H and O–H groups in total. The summed E-state index contributed by atoms with van der Waals surface area (Å²) in [5.41, 5.74) is -1.21. The van der Waals surface area contributed by atoms with Crippen LogP contribution in [-0.4, -0.2) is 52.8 Å². The molecule has 6 rings (SSSR count). The Kier molecular flexibility index (Phi) is 7.81. The Morgan fingerprint density at radius 3 is 2.53 bits per heavy atom. The summed E-state index contributed by atoms with van der Waals surface area (Å²) in [4.78, 5) is 17.3. The van der Waals surface area contributed by atoms with Crippen molar-refractivity contribution >= 4 is 55.9 Å². The van der Waals surface area contributed by atoms with Gasteiger partial charge in [0.05, 0.1) is 39.4 Å². The van der Waals surface area contributed by atoms with Crippen LogP contribution in [-0.2, 0) is 11.3 Å². The zero-order chi connectivity index (χ0) is 30.7. The second kappa shape index (κ2) is 11.2. The van der Waals surface area contributed by atoms with Crippen LogP contribution in [0, 0.1) is 11.7 Å². The van der Waals surface area contributed by atoms with Crippen molar-refractivity contribution in [2.75, 3.05) is 24.6 Å². The number of benzene rings is 2. The Bertz CT molecular complexity index is 1680. The van der Waals surface area contributed by atoms with E-state index in [9.17, 15) is 27.5 Å². The second-order valence-electron chi connectivity index (χ2n) is 10.7. The third-order valence-electron chi connectivity index (χ3n) is 7.79. The van der Waals surface area contributed by atoms with Crippen molar-refractivity contribution < 1.29 is 41.1 Å². The number of hydrogen-bond acceptors (Lipinski definition) is 7. The number of carboxylic acid groups (broad SMARTS) is 1. The van der Waals surface area contributed by atoms with Crippen molar-refractivity contribution in [1.29, 1.82) is 0 Å². The number of carboxylic acids is 1. The minimum atomic E-state index is -4.40.